The van der Waals surface area contributed by atoms with E-state index in [1.807, 2.05) is 0 Å². The van der Waals surface area contributed by atoms with Gasteiger partial charge in [-0.05, 0) is 25.1 Å². The first-order valence-corrected chi connectivity index (χ1v) is 8.98. The molecule has 180 valence electrons. The third-order valence-corrected chi connectivity index (χ3v) is 3.66. The molecule has 0 amide bonds. The van der Waals surface area contributed by atoms with Crippen molar-refractivity contribution in [2.24, 2.45) is 0 Å². The van der Waals surface area contributed by atoms with Crippen LogP contribution in [0.15, 0.2) is 23.0 Å². The minimum Gasteiger partial charge on any atom is -0.416 e. The summed E-state index contributed by atoms with van der Waals surface area (Å²) in [4.78, 5) is 42.3. The van der Waals surface area contributed by atoms with Gasteiger partial charge in [0, 0.05) is 18.7 Å². The monoisotopic (exact) mass is 483 g/mol. The van der Waals surface area contributed by atoms with Crippen LogP contribution in [0.5, 0.6) is 11.5 Å². The van der Waals surface area contributed by atoms with Crippen molar-refractivity contribution in [3.8, 4) is 22.9 Å². The maximum atomic E-state index is 12.6. The standard InChI is InChI=1S/C17H15F6N5O5/c1-3-24-27-14-25-11(28(4-2)15(31)26-14)8-5-6-9(32-12(29)16(18,19)20)10(7-8)33-13(30)17(21,22)23/h5-7,24H,3-4H2,1-2H3,(H,26,27,31). The van der Waals surface area contributed by atoms with E-state index in [2.05, 4.69) is 30.3 Å². The first kappa shape index (κ1) is 25.6. The van der Waals surface area contributed by atoms with Gasteiger partial charge in [0.2, 0.25) is 5.95 Å². The lowest BCUT2D eigenvalue weighted by Gasteiger charge is -2.15. The average molecular weight is 483 g/mol. The SMILES string of the molecule is CCNNc1nc(-c2ccc(OC(=O)C(F)(F)F)c(OC(=O)C(F)(F)F)c2)n(CC)c(=O)n1. The fourth-order valence-corrected chi connectivity index (χ4v) is 2.28. The lowest BCUT2D eigenvalue weighted by Crippen LogP contribution is -2.31. The third-order valence-electron chi connectivity index (χ3n) is 3.66. The summed E-state index contributed by atoms with van der Waals surface area (Å²) in [6.45, 7) is 3.63. The maximum absolute atomic E-state index is 12.6. The fraction of sp³-hybridized carbons (Fsp3) is 0.353. The fourth-order valence-electron chi connectivity index (χ4n) is 2.28. The van der Waals surface area contributed by atoms with Gasteiger partial charge in [-0.25, -0.2) is 19.8 Å². The Morgan fingerprint density at radius 1 is 0.970 bits per heavy atom. The zero-order chi connectivity index (χ0) is 25.0. The van der Waals surface area contributed by atoms with E-state index < -0.39 is 41.5 Å². The normalized spacial score (nSPS) is 11.8. The molecule has 0 unspecified atom stereocenters. The van der Waals surface area contributed by atoms with Crippen molar-refractivity contribution in [1.82, 2.24) is 20.0 Å². The van der Waals surface area contributed by atoms with Gasteiger partial charge in [0.05, 0.1) is 0 Å². The number of ether oxygens (including phenoxy) is 2. The van der Waals surface area contributed by atoms with Gasteiger partial charge in [0.15, 0.2) is 11.5 Å². The molecule has 0 saturated heterocycles. The van der Waals surface area contributed by atoms with Crippen LogP contribution in [0.4, 0.5) is 32.3 Å². The molecule has 0 aliphatic heterocycles. The molecule has 1 aromatic carbocycles. The van der Waals surface area contributed by atoms with Crippen molar-refractivity contribution in [1.29, 1.82) is 0 Å². The van der Waals surface area contributed by atoms with Crippen molar-refractivity contribution in [3.05, 3.63) is 28.7 Å². The summed E-state index contributed by atoms with van der Waals surface area (Å²) in [6, 6.07) is 2.31. The number of hydrogen-bond donors (Lipinski definition) is 2. The largest absolute Gasteiger partial charge is 0.491 e. The number of nitrogens with zero attached hydrogens (tertiary/aromatic N) is 3. The molecule has 0 saturated carbocycles. The molecule has 16 heteroatoms. The number of aromatic nitrogens is 3. The summed E-state index contributed by atoms with van der Waals surface area (Å²) in [5, 5.41) is 0. The molecule has 33 heavy (non-hydrogen) atoms. The Hall–Kier alpha value is -3.69. The summed E-state index contributed by atoms with van der Waals surface area (Å²) in [6.07, 6.45) is -11.0. The predicted octanol–water partition coefficient (Wildman–Crippen LogP) is 2.20. The van der Waals surface area contributed by atoms with Gasteiger partial charge in [-0.1, -0.05) is 6.92 Å². The van der Waals surface area contributed by atoms with Crippen molar-refractivity contribution in [2.75, 3.05) is 12.0 Å². The highest BCUT2D eigenvalue weighted by Gasteiger charge is 2.44. The number of carbonyl (C=O) groups excluding carboxylic acids is 2. The second-order valence-corrected chi connectivity index (χ2v) is 5.99. The first-order valence-electron chi connectivity index (χ1n) is 8.98. The molecule has 1 aromatic heterocycles. The smallest absolute Gasteiger partial charge is 0.416 e. The molecule has 0 aliphatic rings. The molecule has 0 spiro atoms. The zero-order valence-electron chi connectivity index (χ0n) is 16.8. The quantitative estimate of drug-likeness (QED) is 0.264. The van der Waals surface area contributed by atoms with E-state index >= 15 is 0 Å². The number of hydrazine groups is 1. The second kappa shape index (κ2) is 9.85. The van der Waals surface area contributed by atoms with E-state index in [1.165, 1.54) is 6.92 Å². The Morgan fingerprint density at radius 3 is 2.06 bits per heavy atom. The van der Waals surface area contributed by atoms with Crippen LogP contribution < -0.4 is 26.0 Å². The number of rotatable bonds is 7. The topological polar surface area (TPSA) is 124 Å². The number of anilines is 1. The van der Waals surface area contributed by atoms with E-state index in [9.17, 15) is 40.7 Å². The van der Waals surface area contributed by atoms with Crippen molar-refractivity contribution < 1.29 is 45.4 Å². The van der Waals surface area contributed by atoms with Gasteiger partial charge in [-0.2, -0.15) is 36.3 Å². The molecule has 0 atom stereocenters. The molecule has 2 aromatic rings. The van der Waals surface area contributed by atoms with E-state index in [0.29, 0.717) is 18.7 Å². The van der Waals surface area contributed by atoms with Crippen molar-refractivity contribution in [2.45, 2.75) is 32.7 Å². The molecular weight excluding hydrogens is 468 g/mol. The van der Waals surface area contributed by atoms with Crippen LogP contribution in [0.1, 0.15) is 13.8 Å². The second-order valence-electron chi connectivity index (χ2n) is 5.99. The molecule has 0 bridgehead atoms. The van der Waals surface area contributed by atoms with Gasteiger partial charge in [-0.15, -0.1) is 0 Å². The Bertz CT molecular complexity index is 1100. The molecular formula is C17H15F6N5O5. The molecule has 2 N–H and O–H groups in total. The lowest BCUT2D eigenvalue weighted by molar-refractivity contribution is -0.191. The molecule has 10 nitrogen and oxygen atoms in total. The molecule has 1 heterocycles. The lowest BCUT2D eigenvalue weighted by atomic mass is 10.2. The van der Waals surface area contributed by atoms with Crippen LogP contribution in [-0.2, 0) is 16.1 Å². The van der Waals surface area contributed by atoms with Crippen LogP contribution >= 0.6 is 0 Å². The number of carbonyl (C=O) groups is 2. The third kappa shape index (κ3) is 6.41. The molecule has 2 rings (SSSR count). The Kier molecular flexibility index (Phi) is 7.63. The van der Waals surface area contributed by atoms with Crippen LogP contribution in [0.2, 0.25) is 0 Å². The first-order chi connectivity index (χ1) is 15.3. The minimum absolute atomic E-state index is 0.00185. The Morgan fingerprint density at radius 2 is 1.55 bits per heavy atom. The van der Waals surface area contributed by atoms with Gasteiger partial charge in [0.1, 0.15) is 5.82 Å². The maximum Gasteiger partial charge on any atom is 0.491 e. The van der Waals surface area contributed by atoms with Crippen molar-refractivity contribution >= 4 is 17.9 Å². The summed E-state index contributed by atoms with van der Waals surface area (Å²) < 4.78 is 84.6. The predicted molar refractivity (Wildman–Crippen MR) is 98.1 cm³/mol. The van der Waals surface area contributed by atoms with E-state index in [4.69, 9.17) is 0 Å². The van der Waals surface area contributed by atoms with Crippen LogP contribution in [0.3, 0.4) is 0 Å². The Balaban J connectivity index is 2.62. The molecule has 0 fully saturated rings. The zero-order valence-corrected chi connectivity index (χ0v) is 16.8. The minimum atomic E-state index is -5.51. The number of esters is 2. The van der Waals surface area contributed by atoms with E-state index in [1.54, 1.807) is 6.92 Å². The highest BCUT2D eigenvalue weighted by Crippen LogP contribution is 2.35. The van der Waals surface area contributed by atoms with E-state index in [-0.39, 0.29) is 23.9 Å². The van der Waals surface area contributed by atoms with Crippen LogP contribution in [0.25, 0.3) is 11.4 Å². The summed E-state index contributed by atoms with van der Waals surface area (Å²) >= 11 is 0. The van der Waals surface area contributed by atoms with Crippen molar-refractivity contribution in [3.63, 3.8) is 0 Å². The van der Waals surface area contributed by atoms with Gasteiger partial charge in [0.25, 0.3) is 0 Å². The highest BCUT2D eigenvalue weighted by molar-refractivity contribution is 5.82. The van der Waals surface area contributed by atoms with Crippen LogP contribution in [-0.4, -0.2) is 45.4 Å². The average Bonchev–Trinajstić information content (AvgIpc) is 2.71. The van der Waals surface area contributed by atoms with Gasteiger partial charge in [-0.3, -0.25) is 9.99 Å². The van der Waals surface area contributed by atoms with E-state index in [0.717, 1.165) is 10.6 Å². The van der Waals surface area contributed by atoms with Gasteiger partial charge >= 0.3 is 30.0 Å². The highest BCUT2D eigenvalue weighted by atomic mass is 19.4. The Labute approximate surface area is 180 Å². The number of nitrogens with one attached hydrogen (secondary N) is 2. The number of halogens is 6. The number of hydrogen-bond acceptors (Lipinski definition) is 9. The molecule has 0 radical (unpaired) electrons. The number of alkyl halides is 6. The summed E-state index contributed by atoms with van der Waals surface area (Å²) in [7, 11) is 0. The summed E-state index contributed by atoms with van der Waals surface area (Å²) in [5.74, 6) is -8.23. The van der Waals surface area contributed by atoms with Gasteiger partial charge < -0.3 is 9.47 Å². The van der Waals surface area contributed by atoms with Crippen LogP contribution in [0, 0.1) is 0 Å². The molecule has 0 aliphatic carbocycles. The summed E-state index contributed by atoms with van der Waals surface area (Å²) in [5.41, 5.74) is 4.15. The number of benzene rings is 1.